The number of nitrogens with zero attached hydrogens (tertiary/aromatic N) is 2. The molecule has 0 atom stereocenters. The molecule has 0 saturated heterocycles. The van der Waals surface area contributed by atoms with Gasteiger partial charge in [0, 0.05) is 29.6 Å². The van der Waals surface area contributed by atoms with Gasteiger partial charge < -0.3 is 10.7 Å². The van der Waals surface area contributed by atoms with Crippen molar-refractivity contribution in [2.24, 2.45) is 22.5 Å². The van der Waals surface area contributed by atoms with E-state index in [0.29, 0.717) is 5.92 Å². The van der Waals surface area contributed by atoms with Crippen molar-refractivity contribution in [3.05, 3.63) is 23.5 Å². The predicted octanol–water partition coefficient (Wildman–Crippen LogP) is 2.62. The minimum Gasteiger partial charge on any atom is -0.400 e. The summed E-state index contributed by atoms with van der Waals surface area (Å²) in [4.78, 5) is 7.34. The number of aromatic nitrogens is 1. The highest BCUT2D eigenvalue weighted by molar-refractivity contribution is 7.91. The van der Waals surface area contributed by atoms with Gasteiger partial charge in [0.2, 0.25) is 9.84 Å². The number of H-pyrrole nitrogens is 1. The Kier molecular flexibility index (Phi) is 6.02. The van der Waals surface area contributed by atoms with E-state index in [9.17, 15) is 21.6 Å². The first kappa shape index (κ1) is 20.3. The van der Waals surface area contributed by atoms with E-state index in [4.69, 9.17) is 11.6 Å². The number of fused-ring (bicyclic) bond motifs is 1. The van der Waals surface area contributed by atoms with Gasteiger partial charge in [0.1, 0.15) is 12.2 Å². The maximum atomic E-state index is 11.0. The quantitative estimate of drug-likeness (QED) is 0.634. The second kappa shape index (κ2) is 7.70. The molecule has 3 rings (SSSR count). The van der Waals surface area contributed by atoms with E-state index in [1.165, 1.54) is 32.1 Å². The summed E-state index contributed by atoms with van der Waals surface area (Å²) in [5.74, 6) is 7.28. The predicted molar refractivity (Wildman–Crippen MR) is 93.6 cm³/mol. The van der Waals surface area contributed by atoms with Crippen LogP contribution in [0.5, 0.6) is 0 Å². The summed E-state index contributed by atoms with van der Waals surface area (Å²) in [5, 5.41) is 1.54. The largest absolute Gasteiger partial charge is 0.497 e. The number of allylic oxidation sites excluding steroid dienone is 1. The highest BCUT2D eigenvalue weighted by Crippen LogP contribution is 2.36. The van der Waals surface area contributed by atoms with Crippen LogP contribution < -0.4 is 11.6 Å². The Bertz CT molecular complexity index is 792. The van der Waals surface area contributed by atoms with Gasteiger partial charge >= 0.3 is 5.51 Å². The molecule has 26 heavy (non-hydrogen) atoms. The lowest BCUT2D eigenvalue weighted by atomic mass is 9.85. The molecule has 0 amide bonds. The normalized spacial score (nSPS) is 20.3. The number of aliphatic imine (C=N–C) groups is 1. The lowest BCUT2D eigenvalue weighted by molar-refractivity contribution is -0.0429. The van der Waals surface area contributed by atoms with E-state index < -0.39 is 15.3 Å². The summed E-state index contributed by atoms with van der Waals surface area (Å²) < 4.78 is 52.0. The fourth-order valence-electron chi connectivity index (χ4n) is 2.89. The second-order valence-corrected chi connectivity index (χ2v) is 8.26. The number of alkyl halides is 3. The van der Waals surface area contributed by atoms with Crippen molar-refractivity contribution in [3.8, 4) is 0 Å². The van der Waals surface area contributed by atoms with Gasteiger partial charge in [-0.3, -0.25) is 5.01 Å². The number of hydrogen-bond acceptors (Lipinski definition) is 6. The van der Waals surface area contributed by atoms with Crippen molar-refractivity contribution in [1.29, 1.82) is 0 Å². The van der Waals surface area contributed by atoms with Gasteiger partial charge in [-0.05, 0) is 18.9 Å². The molecule has 1 saturated carbocycles. The Balaban J connectivity index is 0.000000260. The maximum absolute atomic E-state index is 11.0. The van der Waals surface area contributed by atoms with Crippen LogP contribution in [-0.2, 0) is 9.84 Å². The third-order valence-electron chi connectivity index (χ3n) is 4.29. The minimum atomic E-state index is -5.09. The Hall–Kier alpha value is -2.01. The van der Waals surface area contributed by atoms with E-state index >= 15 is 0 Å². The lowest BCUT2D eigenvalue weighted by Gasteiger charge is -2.28. The van der Waals surface area contributed by atoms with Crippen LogP contribution in [0.15, 0.2) is 23.0 Å². The summed E-state index contributed by atoms with van der Waals surface area (Å²) in [7, 11) is -4.84. The van der Waals surface area contributed by atoms with Crippen molar-refractivity contribution < 1.29 is 21.6 Å². The third-order valence-corrected chi connectivity index (χ3v) is 5.13. The van der Waals surface area contributed by atoms with Crippen LogP contribution in [0.2, 0.25) is 0 Å². The van der Waals surface area contributed by atoms with Gasteiger partial charge in [0.25, 0.3) is 0 Å². The number of aromatic amines is 1. The van der Waals surface area contributed by atoms with E-state index in [0.717, 1.165) is 22.8 Å². The first-order chi connectivity index (χ1) is 12.0. The van der Waals surface area contributed by atoms with E-state index in [-0.39, 0.29) is 6.26 Å². The van der Waals surface area contributed by atoms with Crippen LogP contribution in [0.1, 0.15) is 37.7 Å². The number of rotatable bonds is 1. The minimum absolute atomic E-state index is 0.118. The smallest absolute Gasteiger partial charge is 0.400 e. The van der Waals surface area contributed by atoms with Crippen molar-refractivity contribution in [3.63, 3.8) is 0 Å². The Morgan fingerprint density at radius 2 is 1.88 bits per heavy atom. The third kappa shape index (κ3) is 4.58. The molecule has 1 aliphatic carbocycles. The molecule has 7 nitrogen and oxygen atoms in total. The van der Waals surface area contributed by atoms with Crippen LogP contribution in [0.3, 0.4) is 0 Å². The molecule has 2 aliphatic rings. The van der Waals surface area contributed by atoms with Gasteiger partial charge in [-0.25, -0.2) is 19.3 Å². The summed E-state index contributed by atoms with van der Waals surface area (Å²) in [6.07, 6.45) is 9.78. The molecular formula is C15H22F3N5O2S. The van der Waals surface area contributed by atoms with Crippen LogP contribution >= 0.6 is 0 Å². The molecule has 0 aromatic carbocycles. The molecule has 1 fully saturated rings. The van der Waals surface area contributed by atoms with Crippen molar-refractivity contribution in [1.82, 2.24) is 9.99 Å². The molecular weight excluding hydrogens is 371 g/mol. The first-order valence-corrected chi connectivity index (χ1v) is 9.93. The zero-order valence-electron chi connectivity index (χ0n) is 14.3. The Morgan fingerprint density at radius 1 is 1.31 bits per heavy atom. The van der Waals surface area contributed by atoms with Gasteiger partial charge in [-0.1, -0.05) is 19.3 Å². The molecule has 0 radical (unpaired) electrons. The van der Waals surface area contributed by atoms with Gasteiger partial charge in [-0.15, -0.1) is 0 Å². The summed E-state index contributed by atoms with van der Waals surface area (Å²) in [6.45, 7) is 0. The first-order valence-electron chi connectivity index (χ1n) is 8.04. The lowest BCUT2D eigenvalue weighted by Crippen LogP contribution is -2.33. The number of nitrogens with one attached hydrogen (secondary N) is 1. The molecule has 146 valence electrons. The van der Waals surface area contributed by atoms with Gasteiger partial charge in [0.05, 0.1) is 5.70 Å². The molecule has 1 aliphatic heterocycles. The molecule has 0 bridgehead atoms. The number of nitrogens with two attached hydrogens (primary N) is 2. The highest BCUT2D eigenvalue weighted by atomic mass is 32.2. The molecule has 1 aromatic rings. The van der Waals surface area contributed by atoms with Gasteiger partial charge in [-0.2, -0.15) is 13.2 Å². The zero-order valence-corrected chi connectivity index (χ0v) is 15.1. The summed E-state index contributed by atoms with van der Waals surface area (Å²) >= 11 is 0. The van der Waals surface area contributed by atoms with E-state index in [1.807, 2.05) is 12.3 Å². The topological polar surface area (TPSA) is 118 Å². The Labute approximate surface area is 149 Å². The number of sulfone groups is 1. The van der Waals surface area contributed by atoms with Crippen LogP contribution in [0, 0.1) is 5.92 Å². The van der Waals surface area contributed by atoms with Crippen molar-refractivity contribution in [2.45, 2.75) is 37.6 Å². The Morgan fingerprint density at radius 3 is 2.42 bits per heavy atom. The van der Waals surface area contributed by atoms with Crippen molar-refractivity contribution >= 4 is 27.7 Å². The molecule has 0 spiro atoms. The number of halogens is 3. The average Bonchev–Trinajstić information content (AvgIpc) is 3.02. The van der Waals surface area contributed by atoms with Crippen molar-refractivity contribution in [2.75, 3.05) is 6.26 Å². The number of hydrazine groups is 1. The molecule has 5 N–H and O–H groups in total. The fraction of sp³-hybridized carbons (Fsp3) is 0.533. The summed E-state index contributed by atoms with van der Waals surface area (Å²) in [6, 6.07) is 1.98. The monoisotopic (exact) mass is 393 g/mol. The SMILES string of the molecule is CS(=O)(=O)C(F)(F)F.N/C(=C1/c2cc[nH]c2N=CN1N)C1CCCCC1. The summed E-state index contributed by atoms with van der Waals surface area (Å²) in [5.41, 5.74) is 4.10. The van der Waals surface area contributed by atoms with E-state index in [2.05, 4.69) is 9.98 Å². The number of hydrogen-bond donors (Lipinski definition) is 3. The molecule has 0 unspecified atom stereocenters. The molecule has 2 heterocycles. The molecule has 1 aromatic heterocycles. The fourth-order valence-corrected chi connectivity index (χ4v) is 2.89. The standard InChI is InChI=1S/C13H19N5.C2H3F3O2S/c14-11(9-4-2-1-3-5-9)12-10-6-7-16-13(10)17-8-18(12)15;1-8(6,7)2(3,4)5/h6-9,16H,1-5,14-15H2;1H3/b12-11-;. The van der Waals surface area contributed by atoms with Crippen LogP contribution in [-0.4, -0.2) is 36.5 Å². The van der Waals surface area contributed by atoms with E-state index in [1.54, 1.807) is 11.3 Å². The maximum Gasteiger partial charge on any atom is 0.497 e. The van der Waals surface area contributed by atoms with Gasteiger partial charge in [0.15, 0.2) is 0 Å². The molecule has 11 heteroatoms. The highest BCUT2D eigenvalue weighted by Gasteiger charge is 2.41. The average molecular weight is 393 g/mol. The zero-order chi connectivity index (χ0) is 19.5. The van der Waals surface area contributed by atoms with Crippen LogP contribution in [0.25, 0.3) is 5.70 Å². The second-order valence-electron chi connectivity index (χ2n) is 6.25. The van der Waals surface area contributed by atoms with Crippen LogP contribution in [0.4, 0.5) is 19.0 Å².